The van der Waals surface area contributed by atoms with Gasteiger partial charge in [0.15, 0.2) is 0 Å². The average Bonchev–Trinajstić information content (AvgIpc) is 2.77. The second-order valence-electron chi connectivity index (χ2n) is 5.51. The van der Waals surface area contributed by atoms with Gasteiger partial charge in [0.1, 0.15) is 13.1 Å². The molecule has 1 aromatic carbocycles. The monoisotopic (exact) mass is 348 g/mol. The van der Waals surface area contributed by atoms with Crippen LogP contribution in [0.15, 0.2) is 18.2 Å². The van der Waals surface area contributed by atoms with Crippen molar-refractivity contribution in [1.29, 1.82) is 5.26 Å². The summed E-state index contributed by atoms with van der Waals surface area (Å²) in [5.74, 6) is -0.840. The first-order chi connectivity index (χ1) is 11.3. The highest BCUT2D eigenvalue weighted by molar-refractivity contribution is 6.31. The van der Waals surface area contributed by atoms with E-state index in [2.05, 4.69) is 0 Å². The summed E-state index contributed by atoms with van der Waals surface area (Å²) in [5.41, 5.74) is 1.36. The Bertz CT molecular complexity index is 729. The molecule has 1 aliphatic heterocycles. The van der Waals surface area contributed by atoms with Crippen molar-refractivity contribution in [1.82, 2.24) is 9.80 Å². The fourth-order valence-electron chi connectivity index (χ4n) is 2.40. The van der Waals surface area contributed by atoms with Gasteiger partial charge >= 0.3 is 6.03 Å². The highest BCUT2D eigenvalue weighted by Crippen LogP contribution is 2.23. The first kappa shape index (κ1) is 17.8. The van der Waals surface area contributed by atoms with Gasteiger partial charge in [0, 0.05) is 24.3 Å². The van der Waals surface area contributed by atoms with Crippen molar-refractivity contribution >= 4 is 35.1 Å². The van der Waals surface area contributed by atoms with Crippen LogP contribution in [0.1, 0.15) is 12.0 Å². The molecule has 1 aromatic rings. The van der Waals surface area contributed by atoms with E-state index in [1.165, 1.54) is 16.8 Å². The smallest absolute Gasteiger partial charge is 0.318 e. The van der Waals surface area contributed by atoms with Crippen molar-refractivity contribution in [3.8, 4) is 6.07 Å². The Labute approximate surface area is 145 Å². The Hall–Kier alpha value is -2.59. The normalized spacial score (nSPS) is 14.1. The lowest BCUT2D eigenvalue weighted by Crippen LogP contribution is -2.43. The molecule has 8 heteroatoms. The third-order valence-corrected chi connectivity index (χ3v) is 4.15. The molecule has 0 unspecified atom stereocenters. The Balaban J connectivity index is 2.22. The molecule has 126 valence electrons. The molecule has 1 fully saturated rings. The molecule has 0 radical (unpaired) electrons. The molecule has 1 aliphatic rings. The Morgan fingerprint density at radius 2 is 2.12 bits per heavy atom. The van der Waals surface area contributed by atoms with Crippen molar-refractivity contribution in [3.63, 3.8) is 0 Å². The number of anilines is 1. The summed E-state index contributed by atoms with van der Waals surface area (Å²) in [4.78, 5) is 39.9. The van der Waals surface area contributed by atoms with Crippen LogP contribution in [-0.4, -0.2) is 54.3 Å². The highest BCUT2D eigenvalue weighted by atomic mass is 35.5. The van der Waals surface area contributed by atoms with E-state index in [-0.39, 0.29) is 26.1 Å². The molecule has 1 heterocycles. The minimum absolute atomic E-state index is 0.0373. The molecule has 0 saturated carbocycles. The van der Waals surface area contributed by atoms with Gasteiger partial charge in [0.2, 0.25) is 5.91 Å². The topological polar surface area (TPSA) is 84.7 Å². The number of halogens is 1. The number of benzene rings is 1. The number of likely N-dealkylation sites (N-methyl/N-ethyl adjacent to an activating group) is 1. The average molecular weight is 349 g/mol. The lowest BCUT2D eigenvalue weighted by atomic mass is 10.2. The number of imide groups is 1. The van der Waals surface area contributed by atoms with Gasteiger partial charge in [-0.15, -0.1) is 0 Å². The summed E-state index contributed by atoms with van der Waals surface area (Å²) in [6, 6.07) is 6.56. The quantitative estimate of drug-likeness (QED) is 0.759. The van der Waals surface area contributed by atoms with E-state index >= 15 is 0 Å². The number of urea groups is 1. The van der Waals surface area contributed by atoms with E-state index in [1.54, 1.807) is 25.1 Å². The minimum atomic E-state index is -0.499. The summed E-state index contributed by atoms with van der Waals surface area (Å²) >= 11 is 6.00. The van der Waals surface area contributed by atoms with Gasteiger partial charge in [0.25, 0.3) is 5.91 Å². The zero-order valence-electron chi connectivity index (χ0n) is 13.5. The van der Waals surface area contributed by atoms with E-state index in [0.29, 0.717) is 10.7 Å². The van der Waals surface area contributed by atoms with E-state index < -0.39 is 17.8 Å². The van der Waals surface area contributed by atoms with Crippen molar-refractivity contribution in [2.24, 2.45) is 0 Å². The Kier molecular flexibility index (Phi) is 5.42. The third-order valence-electron chi connectivity index (χ3n) is 3.73. The van der Waals surface area contributed by atoms with E-state index in [4.69, 9.17) is 16.9 Å². The molecule has 0 N–H and O–H groups in total. The molecule has 0 spiro atoms. The summed E-state index contributed by atoms with van der Waals surface area (Å²) < 4.78 is 0. The fourth-order valence-corrected chi connectivity index (χ4v) is 2.52. The summed E-state index contributed by atoms with van der Waals surface area (Å²) in [5, 5.41) is 9.38. The number of amides is 4. The van der Waals surface area contributed by atoms with Gasteiger partial charge in [-0.25, -0.2) is 4.79 Å². The number of nitrogens with zero attached hydrogens (tertiary/aromatic N) is 4. The zero-order chi connectivity index (χ0) is 17.9. The van der Waals surface area contributed by atoms with E-state index in [0.717, 1.165) is 10.5 Å². The maximum atomic E-state index is 12.6. The van der Waals surface area contributed by atoms with Crippen LogP contribution in [-0.2, 0) is 9.59 Å². The number of rotatable bonds is 5. The van der Waals surface area contributed by atoms with E-state index in [1.807, 2.05) is 6.07 Å². The lowest BCUT2D eigenvalue weighted by molar-refractivity contribution is -0.129. The van der Waals surface area contributed by atoms with Crippen LogP contribution in [0.2, 0.25) is 5.02 Å². The van der Waals surface area contributed by atoms with Crippen LogP contribution in [0.25, 0.3) is 0 Å². The van der Waals surface area contributed by atoms with Gasteiger partial charge in [0.05, 0.1) is 12.5 Å². The van der Waals surface area contributed by atoms with Gasteiger partial charge in [-0.1, -0.05) is 11.6 Å². The highest BCUT2D eigenvalue weighted by Gasteiger charge is 2.35. The van der Waals surface area contributed by atoms with Crippen LogP contribution < -0.4 is 4.90 Å². The number of aryl methyl sites for hydroxylation is 1. The number of carbonyl (C=O) groups excluding carboxylic acids is 3. The Morgan fingerprint density at radius 3 is 2.67 bits per heavy atom. The van der Waals surface area contributed by atoms with Gasteiger partial charge < -0.3 is 9.80 Å². The second-order valence-corrected chi connectivity index (χ2v) is 5.91. The van der Waals surface area contributed by atoms with Crippen LogP contribution in [0.3, 0.4) is 0 Å². The van der Waals surface area contributed by atoms with Crippen molar-refractivity contribution in [2.75, 3.05) is 31.6 Å². The van der Waals surface area contributed by atoms with Gasteiger partial charge in [-0.05, 0) is 30.7 Å². The van der Waals surface area contributed by atoms with Crippen LogP contribution in [0.4, 0.5) is 10.5 Å². The zero-order valence-corrected chi connectivity index (χ0v) is 14.2. The molecule has 0 bridgehead atoms. The third kappa shape index (κ3) is 3.66. The standard InChI is InChI=1S/C16H17ClN4O3/c1-11-8-12(4-5-13(11)17)20(7-3-6-18)15(23)10-21-14(22)9-19(2)16(21)24/h4-5,8H,3,7,9-10H2,1-2H3. The first-order valence-electron chi connectivity index (χ1n) is 7.34. The summed E-state index contributed by atoms with van der Waals surface area (Å²) in [6.07, 6.45) is 0.134. The molecule has 1 saturated heterocycles. The molecule has 7 nitrogen and oxygen atoms in total. The molecule has 4 amide bonds. The molecule has 2 rings (SSSR count). The SMILES string of the molecule is Cc1cc(N(CCC#N)C(=O)CN2C(=O)CN(C)C2=O)ccc1Cl. The second kappa shape index (κ2) is 7.32. The van der Waals surface area contributed by atoms with Crippen molar-refractivity contribution in [3.05, 3.63) is 28.8 Å². The summed E-state index contributed by atoms with van der Waals surface area (Å²) in [6.45, 7) is 1.59. The predicted molar refractivity (Wildman–Crippen MR) is 88.5 cm³/mol. The lowest BCUT2D eigenvalue weighted by Gasteiger charge is -2.24. The van der Waals surface area contributed by atoms with Crippen molar-refractivity contribution in [2.45, 2.75) is 13.3 Å². The number of carbonyl (C=O) groups is 3. The predicted octanol–water partition coefficient (Wildman–Crippen LogP) is 1.79. The first-order valence-corrected chi connectivity index (χ1v) is 7.72. The summed E-state index contributed by atoms with van der Waals surface area (Å²) in [7, 11) is 1.50. The molecular weight excluding hydrogens is 332 g/mol. The van der Waals surface area contributed by atoms with Crippen LogP contribution >= 0.6 is 11.6 Å². The fraction of sp³-hybridized carbons (Fsp3) is 0.375. The maximum Gasteiger partial charge on any atom is 0.327 e. The number of hydrogen-bond donors (Lipinski definition) is 0. The number of nitriles is 1. The molecule has 0 aromatic heterocycles. The van der Waals surface area contributed by atoms with E-state index in [9.17, 15) is 14.4 Å². The van der Waals surface area contributed by atoms with Gasteiger partial charge in [-0.3, -0.25) is 14.5 Å². The molecule has 0 aliphatic carbocycles. The maximum absolute atomic E-state index is 12.6. The Morgan fingerprint density at radius 1 is 1.42 bits per heavy atom. The largest absolute Gasteiger partial charge is 0.327 e. The van der Waals surface area contributed by atoms with Crippen LogP contribution in [0.5, 0.6) is 0 Å². The van der Waals surface area contributed by atoms with Crippen LogP contribution in [0, 0.1) is 18.3 Å². The molecular formula is C16H17ClN4O3. The van der Waals surface area contributed by atoms with Gasteiger partial charge in [-0.2, -0.15) is 5.26 Å². The van der Waals surface area contributed by atoms with Crippen molar-refractivity contribution < 1.29 is 14.4 Å². The molecule has 24 heavy (non-hydrogen) atoms. The molecule has 0 atom stereocenters. The number of hydrogen-bond acceptors (Lipinski definition) is 4. The minimum Gasteiger partial charge on any atom is -0.318 e.